The lowest BCUT2D eigenvalue weighted by Crippen LogP contribution is -2.22. The number of phenols is 1. The molecule has 6 heteroatoms. The number of hydrogen-bond donors (Lipinski definition) is 2. The molecule has 0 unspecified atom stereocenters. The Morgan fingerprint density at radius 1 is 1.08 bits per heavy atom. The number of fused-ring (bicyclic) bond motifs is 4. The summed E-state index contributed by atoms with van der Waals surface area (Å²) in [5.74, 6) is -1.33. The molecule has 0 aliphatic carbocycles. The first-order chi connectivity index (χ1) is 12.5. The largest absolute Gasteiger partial charge is 0.502 e. The van der Waals surface area contributed by atoms with Gasteiger partial charge >= 0.3 is 11.9 Å². The van der Waals surface area contributed by atoms with E-state index in [1.54, 1.807) is 12.1 Å². The number of carbonyl (C=O) groups is 2. The van der Waals surface area contributed by atoms with Gasteiger partial charge in [0.2, 0.25) is 5.75 Å². The number of esters is 2. The molecule has 0 fully saturated rings. The molecule has 2 N–H and O–H groups in total. The first-order valence-electron chi connectivity index (χ1n) is 8.55. The maximum atomic E-state index is 11.9. The molecule has 0 aromatic heterocycles. The highest BCUT2D eigenvalue weighted by atomic mass is 16.6. The number of aromatic hydroxyl groups is 1. The third kappa shape index (κ3) is 3.86. The molecule has 1 aliphatic heterocycles. The van der Waals surface area contributed by atoms with Gasteiger partial charge in [-0.05, 0) is 42.4 Å². The Morgan fingerprint density at radius 2 is 1.81 bits per heavy atom. The quantitative estimate of drug-likeness (QED) is 0.487. The van der Waals surface area contributed by atoms with Crippen LogP contribution in [0.3, 0.4) is 0 Å². The second-order valence-electron chi connectivity index (χ2n) is 6.59. The van der Waals surface area contributed by atoms with Crippen molar-refractivity contribution in [2.24, 2.45) is 5.92 Å². The molecule has 1 aliphatic rings. The van der Waals surface area contributed by atoms with Gasteiger partial charge in [0.15, 0.2) is 11.5 Å². The average molecular weight is 355 g/mol. The molecule has 2 aromatic carbocycles. The molecule has 26 heavy (non-hydrogen) atoms. The topological polar surface area (TPSA) is 84.9 Å². The standard InChI is InChI=1S/C20H21NO5/c1-12(2)11-21-9-8-13-4-3-5-14-15(13)10-16-19(24)20(14)26-18(23)7-6-17(22)25-16/h3-7,10,12,21,24H,8-9,11H2,1-2H3/b7-6+. The molecule has 1 heterocycles. The molecule has 6 nitrogen and oxygen atoms in total. The smallest absolute Gasteiger partial charge is 0.336 e. The number of benzene rings is 2. The number of phenolic OH excluding ortho intramolecular Hbond substituents is 1. The molecule has 3 rings (SSSR count). The summed E-state index contributed by atoms with van der Waals surface area (Å²) < 4.78 is 10.4. The Hall–Kier alpha value is -2.86. The van der Waals surface area contributed by atoms with Crippen LogP contribution in [0.15, 0.2) is 36.4 Å². The predicted octanol–water partition coefficient (Wildman–Crippen LogP) is 2.71. The first-order valence-corrected chi connectivity index (χ1v) is 8.55. The summed E-state index contributed by atoms with van der Waals surface area (Å²) in [6.45, 7) is 5.99. The molecule has 0 amide bonds. The van der Waals surface area contributed by atoms with E-state index in [9.17, 15) is 14.7 Å². The van der Waals surface area contributed by atoms with Crippen molar-refractivity contribution in [3.05, 3.63) is 42.0 Å². The van der Waals surface area contributed by atoms with Gasteiger partial charge in [0.05, 0.1) is 0 Å². The predicted molar refractivity (Wildman–Crippen MR) is 97.4 cm³/mol. The van der Waals surface area contributed by atoms with Crippen molar-refractivity contribution in [1.29, 1.82) is 0 Å². The summed E-state index contributed by atoms with van der Waals surface area (Å²) in [6.07, 6.45) is 2.69. The van der Waals surface area contributed by atoms with E-state index in [2.05, 4.69) is 19.2 Å². The summed E-state index contributed by atoms with van der Waals surface area (Å²) in [5, 5.41) is 15.1. The van der Waals surface area contributed by atoms with Crippen molar-refractivity contribution in [2.45, 2.75) is 20.3 Å². The van der Waals surface area contributed by atoms with Crippen LogP contribution in [0.4, 0.5) is 0 Å². The second-order valence-corrected chi connectivity index (χ2v) is 6.59. The van der Waals surface area contributed by atoms with Crippen molar-refractivity contribution in [3.63, 3.8) is 0 Å². The van der Waals surface area contributed by atoms with E-state index in [-0.39, 0.29) is 17.2 Å². The minimum atomic E-state index is -0.750. The highest BCUT2D eigenvalue weighted by molar-refractivity contribution is 6.01. The summed E-state index contributed by atoms with van der Waals surface area (Å²) in [5.41, 5.74) is 1.00. The highest BCUT2D eigenvalue weighted by Gasteiger charge is 2.22. The summed E-state index contributed by atoms with van der Waals surface area (Å²) in [7, 11) is 0. The lowest BCUT2D eigenvalue weighted by Gasteiger charge is -2.14. The van der Waals surface area contributed by atoms with Crippen LogP contribution in [0.2, 0.25) is 0 Å². The van der Waals surface area contributed by atoms with Gasteiger partial charge in [0, 0.05) is 17.5 Å². The van der Waals surface area contributed by atoms with Crippen LogP contribution in [0.25, 0.3) is 10.8 Å². The Balaban J connectivity index is 2.03. The van der Waals surface area contributed by atoms with E-state index in [4.69, 9.17) is 9.47 Å². The van der Waals surface area contributed by atoms with Crippen LogP contribution in [0.5, 0.6) is 17.2 Å². The number of nitrogens with one attached hydrogen (secondary N) is 1. The molecule has 0 radical (unpaired) electrons. The van der Waals surface area contributed by atoms with E-state index < -0.39 is 11.9 Å². The van der Waals surface area contributed by atoms with Gasteiger partial charge in [-0.2, -0.15) is 0 Å². The SMILES string of the molecule is CC(C)CNCCc1cccc2c3c(O)c(cc12)OC(=O)/C=C/C(=O)O3. The fourth-order valence-corrected chi connectivity index (χ4v) is 2.85. The van der Waals surface area contributed by atoms with Gasteiger partial charge in [0.1, 0.15) is 0 Å². The fraction of sp³-hybridized carbons (Fsp3) is 0.300. The molecular weight excluding hydrogens is 334 g/mol. The molecule has 0 saturated carbocycles. The van der Waals surface area contributed by atoms with E-state index >= 15 is 0 Å². The zero-order valence-corrected chi connectivity index (χ0v) is 14.7. The number of ether oxygens (including phenoxy) is 2. The number of rotatable bonds is 5. The lowest BCUT2D eigenvalue weighted by atomic mass is 10.0. The van der Waals surface area contributed by atoms with Gasteiger partial charge in [-0.1, -0.05) is 32.0 Å². The zero-order chi connectivity index (χ0) is 18.7. The minimum Gasteiger partial charge on any atom is -0.502 e. The molecule has 2 aromatic rings. The Labute approximate surface area is 151 Å². The molecule has 2 bridgehead atoms. The van der Waals surface area contributed by atoms with E-state index in [1.165, 1.54) is 0 Å². The van der Waals surface area contributed by atoms with Gasteiger partial charge in [-0.15, -0.1) is 0 Å². The third-order valence-electron chi connectivity index (χ3n) is 4.06. The molecular formula is C20H21NO5. The Morgan fingerprint density at radius 3 is 2.54 bits per heavy atom. The van der Waals surface area contributed by atoms with Crippen LogP contribution in [-0.2, 0) is 16.0 Å². The monoisotopic (exact) mass is 355 g/mol. The molecule has 0 atom stereocenters. The Kier molecular flexibility index (Phi) is 5.23. The van der Waals surface area contributed by atoms with E-state index in [1.807, 2.05) is 12.1 Å². The first kappa shape index (κ1) is 17.9. The van der Waals surface area contributed by atoms with Crippen molar-refractivity contribution >= 4 is 22.7 Å². The van der Waals surface area contributed by atoms with E-state index in [0.29, 0.717) is 11.3 Å². The summed E-state index contributed by atoms with van der Waals surface area (Å²) in [4.78, 5) is 23.6. The van der Waals surface area contributed by atoms with Gasteiger partial charge in [-0.25, -0.2) is 9.59 Å². The van der Waals surface area contributed by atoms with Crippen molar-refractivity contribution in [1.82, 2.24) is 5.32 Å². The van der Waals surface area contributed by atoms with Gasteiger partial charge < -0.3 is 19.9 Å². The van der Waals surface area contributed by atoms with Crippen LogP contribution in [0.1, 0.15) is 19.4 Å². The van der Waals surface area contributed by atoms with Crippen molar-refractivity contribution < 1.29 is 24.2 Å². The van der Waals surface area contributed by atoms with Crippen LogP contribution < -0.4 is 14.8 Å². The lowest BCUT2D eigenvalue weighted by molar-refractivity contribution is -0.131. The Bertz CT molecular complexity index is 885. The summed E-state index contributed by atoms with van der Waals surface area (Å²) >= 11 is 0. The normalized spacial score (nSPS) is 15.2. The van der Waals surface area contributed by atoms with Crippen molar-refractivity contribution in [2.75, 3.05) is 13.1 Å². The van der Waals surface area contributed by atoms with Crippen LogP contribution in [0, 0.1) is 5.92 Å². The van der Waals surface area contributed by atoms with Gasteiger partial charge in [-0.3, -0.25) is 0 Å². The molecule has 0 spiro atoms. The van der Waals surface area contributed by atoms with Crippen molar-refractivity contribution in [3.8, 4) is 17.2 Å². The minimum absolute atomic E-state index is 0.00107. The molecule has 0 saturated heterocycles. The molecule has 136 valence electrons. The maximum Gasteiger partial charge on any atom is 0.336 e. The van der Waals surface area contributed by atoms with E-state index in [0.717, 1.165) is 42.6 Å². The number of carbonyl (C=O) groups excluding carboxylic acids is 2. The fourth-order valence-electron chi connectivity index (χ4n) is 2.85. The maximum absolute atomic E-state index is 11.9. The summed E-state index contributed by atoms with van der Waals surface area (Å²) in [6, 6.07) is 7.18. The van der Waals surface area contributed by atoms with Crippen LogP contribution >= 0.6 is 0 Å². The second kappa shape index (κ2) is 7.58. The number of hydrogen-bond acceptors (Lipinski definition) is 6. The van der Waals surface area contributed by atoms with Crippen LogP contribution in [-0.4, -0.2) is 30.1 Å². The third-order valence-corrected chi connectivity index (χ3v) is 4.06. The average Bonchev–Trinajstić information content (AvgIpc) is 2.63. The van der Waals surface area contributed by atoms with Gasteiger partial charge in [0.25, 0.3) is 0 Å². The zero-order valence-electron chi connectivity index (χ0n) is 14.7. The highest BCUT2D eigenvalue weighted by Crippen LogP contribution is 2.44.